The van der Waals surface area contributed by atoms with E-state index in [2.05, 4.69) is 5.32 Å². The Bertz CT molecular complexity index is 585. The first kappa shape index (κ1) is 17.1. The number of hydrogen-bond acceptors (Lipinski definition) is 4. The SMILES string of the molecule is CC(C)(C)OC(=O)Nc1ccc(C(=O)O)c(OC2CCCC2)c1. The third-order valence-corrected chi connectivity index (χ3v) is 3.45. The van der Waals surface area contributed by atoms with Crippen molar-refractivity contribution in [3.8, 4) is 5.75 Å². The summed E-state index contributed by atoms with van der Waals surface area (Å²) >= 11 is 0. The molecule has 0 spiro atoms. The van der Waals surface area contributed by atoms with Gasteiger partial charge in [-0.3, -0.25) is 5.32 Å². The lowest BCUT2D eigenvalue weighted by atomic mass is 10.1. The first-order valence-electron chi connectivity index (χ1n) is 7.78. The lowest BCUT2D eigenvalue weighted by Crippen LogP contribution is -2.27. The van der Waals surface area contributed by atoms with Crippen molar-refractivity contribution < 1.29 is 24.2 Å². The predicted molar refractivity (Wildman–Crippen MR) is 86.1 cm³/mol. The Morgan fingerprint density at radius 3 is 2.43 bits per heavy atom. The van der Waals surface area contributed by atoms with Crippen molar-refractivity contribution in [1.82, 2.24) is 0 Å². The third kappa shape index (κ3) is 5.16. The molecule has 6 heteroatoms. The smallest absolute Gasteiger partial charge is 0.412 e. The second-order valence-electron chi connectivity index (χ2n) is 6.67. The standard InChI is InChI=1S/C17H23NO5/c1-17(2,3)23-16(21)18-11-8-9-13(15(19)20)14(10-11)22-12-6-4-5-7-12/h8-10,12H,4-7H2,1-3H3,(H,18,21)(H,19,20). The van der Waals surface area contributed by atoms with Crippen LogP contribution in [0, 0.1) is 0 Å². The Balaban J connectivity index is 2.14. The summed E-state index contributed by atoms with van der Waals surface area (Å²) in [6.45, 7) is 5.32. The van der Waals surface area contributed by atoms with Gasteiger partial charge in [0.25, 0.3) is 0 Å². The topological polar surface area (TPSA) is 84.9 Å². The van der Waals surface area contributed by atoms with E-state index in [1.807, 2.05) is 0 Å². The molecule has 1 aromatic rings. The van der Waals surface area contributed by atoms with Crippen molar-refractivity contribution in [2.75, 3.05) is 5.32 Å². The van der Waals surface area contributed by atoms with E-state index in [1.165, 1.54) is 18.2 Å². The molecule has 2 rings (SSSR count). The summed E-state index contributed by atoms with van der Waals surface area (Å²) in [7, 11) is 0. The van der Waals surface area contributed by atoms with Gasteiger partial charge in [0.05, 0.1) is 6.10 Å². The normalized spacial score (nSPS) is 15.3. The molecule has 0 bridgehead atoms. The van der Waals surface area contributed by atoms with Gasteiger partial charge in [-0.1, -0.05) is 0 Å². The fraction of sp³-hybridized carbons (Fsp3) is 0.529. The van der Waals surface area contributed by atoms with Gasteiger partial charge in [-0.2, -0.15) is 0 Å². The van der Waals surface area contributed by atoms with Crippen LogP contribution in [0.25, 0.3) is 0 Å². The van der Waals surface area contributed by atoms with Gasteiger partial charge in [0.15, 0.2) is 0 Å². The van der Waals surface area contributed by atoms with Crippen molar-refractivity contribution in [2.24, 2.45) is 0 Å². The Morgan fingerprint density at radius 1 is 1.22 bits per heavy atom. The summed E-state index contributed by atoms with van der Waals surface area (Å²) in [5, 5.41) is 11.9. The van der Waals surface area contributed by atoms with E-state index in [-0.39, 0.29) is 17.4 Å². The Morgan fingerprint density at radius 2 is 1.87 bits per heavy atom. The summed E-state index contributed by atoms with van der Waals surface area (Å²) in [6.07, 6.45) is 3.45. The molecule has 1 amide bonds. The van der Waals surface area contributed by atoms with Crippen molar-refractivity contribution in [3.05, 3.63) is 23.8 Å². The Kier molecular flexibility index (Phi) is 5.13. The molecule has 0 heterocycles. The first-order chi connectivity index (χ1) is 10.7. The molecule has 126 valence electrons. The Hall–Kier alpha value is -2.24. The number of anilines is 1. The van der Waals surface area contributed by atoms with Crippen LogP contribution in [0.2, 0.25) is 0 Å². The van der Waals surface area contributed by atoms with E-state index in [0.29, 0.717) is 5.69 Å². The van der Waals surface area contributed by atoms with Gasteiger partial charge in [0.2, 0.25) is 0 Å². The van der Waals surface area contributed by atoms with Crippen molar-refractivity contribution in [2.45, 2.75) is 58.2 Å². The summed E-state index contributed by atoms with van der Waals surface area (Å²) in [5.41, 5.74) is -0.0715. The molecular weight excluding hydrogens is 298 g/mol. The van der Waals surface area contributed by atoms with E-state index < -0.39 is 17.7 Å². The van der Waals surface area contributed by atoms with Gasteiger partial charge >= 0.3 is 12.1 Å². The van der Waals surface area contributed by atoms with Crippen LogP contribution < -0.4 is 10.1 Å². The number of carboxylic acids is 1. The predicted octanol–water partition coefficient (Wildman–Crippen LogP) is 4.05. The zero-order valence-corrected chi connectivity index (χ0v) is 13.7. The van der Waals surface area contributed by atoms with Crippen LogP contribution in [0.3, 0.4) is 0 Å². The van der Waals surface area contributed by atoms with Gasteiger partial charge in [-0.15, -0.1) is 0 Å². The second kappa shape index (κ2) is 6.89. The number of hydrogen-bond donors (Lipinski definition) is 2. The summed E-state index contributed by atoms with van der Waals surface area (Å²) in [5.74, 6) is -0.778. The molecule has 1 aliphatic rings. The molecule has 1 fully saturated rings. The number of carbonyl (C=O) groups excluding carboxylic acids is 1. The van der Waals surface area contributed by atoms with Gasteiger partial charge in [0.1, 0.15) is 16.9 Å². The fourth-order valence-corrected chi connectivity index (χ4v) is 2.48. The molecule has 2 N–H and O–H groups in total. The molecule has 0 unspecified atom stereocenters. The van der Waals surface area contributed by atoms with Gasteiger partial charge < -0.3 is 14.6 Å². The van der Waals surface area contributed by atoms with E-state index in [0.717, 1.165) is 25.7 Å². The van der Waals surface area contributed by atoms with Crippen LogP contribution in [0.15, 0.2) is 18.2 Å². The van der Waals surface area contributed by atoms with E-state index >= 15 is 0 Å². The minimum atomic E-state index is -1.05. The highest BCUT2D eigenvalue weighted by molar-refractivity contribution is 5.93. The number of nitrogens with one attached hydrogen (secondary N) is 1. The zero-order valence-electron chi connectivity index (χ0n) is 13.7. The zero-order chi connectivity index (χ0) is 17.0. The second-order valence-corrected chi connectivity index (χ2v) is 6.67. The highest BCUT2D eigenvalue weighted by atomic mass is 16.6. The molecule has 0 atom stereocenters. The monoisotopic (exact) mass is 321 g/mol. The molecule has 23 heavy (non-hydrogen) atoms. The van der Waals surface area contributed by atoms with Crippen LogP contribution in [0.4, 0.5) is 10.5 Å². The number of rotatable bonds is 4. The van der Waals surface area contributed by atoms with Crippen LogP contribution in [-0.4, -0.2) is 28.9 Å². The van der Waals surface area contributed by atoms with Crippen molar-refractivity contribution in [3.63, 3.8) is 0 Å². The molecular formula is C17H23NO5. The van der Waals surface area contributed by atoms with Crippen molar-refractivity contribution >= 4 is 17.7 Å². The minimum Gasteiger partial charge on any atom is -0.489 e. The first-order valence-corrected chi connectivity index (χ1v) is 7.78. The van der Waals surface area contributed by atoms with E-state index in [1.54, 1.807) is 20.8 Å². The molecule has 0 radical (unpaired) electrons. The molecule has 6 nitrogen and oxygen atoms in total. The molecule has 0 saturated heterocycles. The van der Waals surface area contributed by atoms with Crippen LogP contribution in [0.1, 0.15) is 56.8 Å². The van der Waals surface area contributed by atoms with Gasteiger partial charge in [0, 0.05) is 11.8 Å². The van der Waals surface area contributed by atoms with Crippen molar-refractivity contribution in [1.29, 1.82) is 0 Å². The average molecular weight is 321 g/mol. The minimum absolute atomic E-state index is 0.0323. The molecule has 0 aliphatic heterocycles. The Labute approximate surface area is 135 Å². The number of carbonyl (C=O) groups is 2. The lowest BCUT2D eigenvalue weighted by Gasteiger charge is -2.20. The number of carboxylic acid groups (broad SMARTS) is 1. The van der Waals surface area contributed by atoms with Crippen LogP contribution >= 0.6 is 0 Å². The lowest BCUT2D eigenvalue weighted by molar-refractivity contribution is 0.0634. The van der Waals surface area contributed by atoms with Crippen LogP contribution in [0.5, 0.6) is 5.75 Å². The summed E-state index contributed by atoms with van der Waals surface area (Å²) in [4.78, 5) is 23.1. The highest BCUT2D eigenvalue weighted by Crippen LogP contribution is 2.29. The van der Waals surface area contributed by atoms with E-state index in [4.69, 9.17) is 9.47 Å². The molecule has 1 saturated carbocycles. The quantitative estimate of drug-likeness (QED) is 0.873. The molecule has 1 aliphatic carbocycles. The highest BCUT2D eigenvalue weighted by Gasteiger charge is 2.21. The maximum absolute atomic E-state index is 11.8. The maximum Gasteiger partial charge on any atom is 0.412 e. The van der Waals surface area contributed by atoms with Gasteiger partial charge in [-0.25, -0.2) is 9.59 Å². The largest absolute Gasteiger partial charge is 0.489 e. The summed E-state index contributed by atoms with van der Waals surface area (Å²) in [6, 6.07) is 4.49. The molecule has 1 aromatic carbocycles. The fourth-order valence-electron chi connectivity index (χ4n) is 2.48. The number of aromatic carboxylic acids is 1. The number of amides is 1. The number of benzene rings is 1. The van der Waals surface area contributed by atoms with Crippen LogP contribution in [-0.2, 0) is 4.74 Å². The van der Waals surface area contributed by atoms with Gasteiger partial charge in [-0.05, 0) is 58.6 Å². The molecule has 0 aromatic heterocycles. The van der Waals surface area contributed by atoms with E-state index in [9.17, 15) is 14.7 Å². The summed E-state index contributed by atoms with van der Waals surface area (Å²) < 4.78 is 11.0. The average Bonchev–Trinajstić information content (AvgIpc) is 2.89. The third-order valence-electron chi connectivity index (χ3n) is 3.45. The maximum atomic E-state index is 11.8. The number of ether oxygens (including phenoxy) is 2.